The van der Waals surface area contributed by atoms with Crippen molar-refractivity contribution in [2.75, 3.05) is 5.32 Å². The Hall–Kier alpha value is -2.40. The summed E-state index contributed by atoms with van der Waals surface area (Å²) >= 11 is 0. The van der Waals surface area contributed by atoms with E-state index in [1.807, 2.05) is 19.1 Å². The molecule has 2 aromatic rings. The lowest BCUT2D eigenvalue weighted by molar-refractivity contribution is 0.139. The van der Waals surface area contributed by atoms with Gasteiger partial charge in [-0.3, -0.25) is 0 Å². The first kappa shape index (κ1) is 16.0. The third-order valence-electron chi connectivity index (χ3n) is 3.35. The number of rotatable bonds is 4. The highest BCUT2D eigenvalue weighted by molar-refractivity contribution is 5.89. The Kier molecular flexibility index (Phi) is 5.12. The van der Waals surface area contributed by atoms with E-state index in [9.17, 15) is 14.3 Å². The van der Waals surface area contributed by atoms with E-state index in [1.165, 1.54) is 24.3 Å². The maximum absolute atomic E-state index is 12.9. The van der Waals surface area contributed by atoms with Crippen molar-refractivity contribution < 1.29 is 14.3 Å². The molecule has 0 saturated heterocycles. The van der Waals surface area contributed by atoms with Crippen molar-refractivity contribution in [2.24, 2.45) is 0 Å². The molecule has 0 saturated carbocycles. The van der Waals surface area contributed by atoms with Crippen LogP contribution in [-0.4, -0.2) is 17.2 Å². The number of hydrogen-bond acceptors (Lipinski definition) is 2. The van der Waals surface area contributed by atoms with Crippen molar-refractivity contribution in [3.63, 3.8) is 0 Å². The molecule has 0 radical (unpaired) electrons. The zero-order valence-electron chi connectivity index (χ0n) is 12.5. The van der Waals surface area contributed by atoms with Crippen molar-refractivity contribution in [1.82, 2.24) is 5.32 Å². The number of aryl methyl sites for hydroxylation is 1. The SMILES string of the molecule is Cc1ccc(NC(=O)NC(C)C(O)c2ccc(F)cc2)cc1. The molecule has 3 N–H and O–H groups in total. The number of aliphatic hydroxyl groups excluding tert-OH is 1. The summed E-state index contributed by atoms with van der Waals surface area (Å²) in [5, 5.41) is 15.5. The van der Waals surface area contributed by atoms with Crippen LogP contribution >= 0.6 is 0 Å². The van der Waals surface area contributed by atoms with Crippen molar-refractivity contribution >= 4 is 11.7 Å². The van der Waals surface area contributed by atoms with Gasteiger partial charge in [0.1, 0.15) is 5.82 Å². The molecule has 0 aliphatic carbocycles. The second-order valence-corrected chi connectivity index (χ2v) is 5.25. The number of benzene rings is 2. The van der Waals surface area contributed by atoms with Crippen molar-refractivity contribution in [3.05, 3.63) is 65.5 Å². The van der Waals surface area contributed by atoms with Crippen molar-refractivity contribution in [3.8, 4) is 0 Å². The summed E-state index contributed by atoms with van der Waals surface area (Å²) in [5.74, 6) is -0.367. The van der Waals surface area contributed by atoms with Crippen LogP contribution in [0, 0.1) is 12.7 Å². The van der Waals surface area contributed by atoms with Crippen LogP contribution in [0.5, 0.6) is 0 Å². The van der Waals surface area contributed by atoms with Crippen LogP contribution in [-0.2, 0) is 0 Å². The largest absolute Gasteiger partial charge is 0.386 e. The third-order valence-corrected chi connectivity index (χ3v) is 3.35. The first-order chi connectivity index (χ1) is 10.5. The molecule has 0 bridgehead atoms. The predicted octanol–water partition coefficient (Wildman–Crippen LogP) is 3.38. The zero-order chi connectivity index (χ0) is 16.1. The molecular weight excluding hydrogens is 283 g/mol. The number of hydrogen-bond donors (Lipinski definition) is 3. The number of aliphatic hydroxyl groups is 1. The molecular formula is C17H19FN2O2. The molecule has 2 amide bonds. The topological polar surface area (TPSA) is 61.4 Å². The fraction of sp³-hybridized carbons (Fsp3) is 0.235. The minimum absolute atomic E-state index is 0.367. The van der Waals surface area contributed by atoms with E-state index in [0.29, 0.717) is 11.3 Å². The van der Waals surface area contributed by atoms with Crippen LogP contribution in [0.15, 0.2) is 48.5 Å². The first-order valence-corrected chi connectivity index (χ1v) is 7.03. The van der Waals surface area contributed by atoms with Gasteiger partial charge in [0.15, 0.2) is 0 Å². The number of nitrogens with one attached hydrogen (secondary N) is 2. The molecule has 0 aliphatic heterocycles. The van der Waals surface area contributed by atoms with Gasteiger partial charge in [0, 0.05) is 5.69 Å². The molecule has 2 aromatic carbocycles. The zero-order valence-corrected chi connectivity index (χ0v) is 12.5. The Bertz CT molecular complexity index is 626. The Balaban J connectivity index is 1.92. The Labute approximate surface area is 129 Å². The quantitative estimate of drug-likeness (QED) is 0.811. The van der Waals surface area contributed by atoms with E-state index in [0.717, 1.165) is 5.56 Å². The van der Waals surface area contributed by atoms with Gasteiger partial charge < -0.3 is 15.7 Å². The first-order valence-electron chi connectivity index (χ1n) is 7.03. The Morgan fingerprint density at radius 1 is 1.09 bits per heavy atom. The highest BCUT2D eigenvalue weighted by Crippen LogP contribution is 2.17. The van der Waals surface area contributed by atoms with Crippen LogP contribution in [0.2, 0.25) is 0 Å². The lowest BCUT2D eigenvalue weighted by Crippen LogP contribution is -2.39. The van der Waals surface area contributed by atoms with Gasteiger partial charge in [-0.05, 0) is 43.7 Å². The summed E-state index contributed by atoms with van der Waals surface area (Å²) in [6.07, 6.45) is -0.913. The average Bonchev–Trinajstić information content (AvgIpc) is 2.49. The summed E-state index contributed by atoms with van der Waals surface area (Å²) in [7, 11) is 0. The number of halogens is 1. The third kappa shape index (κ3) is 4.30. The number of urea groups is 1. The van der Waals surface area contributed by atoms with Gasteiger partial charge in [-0.25, -0.2) is 9.18 Å². The average molecular weight is 302 g/mol. The molecule has 2 rings (SSSR count). The van der Waals surface area contributed by atoms with E-state index >= 15 is 0 Å². The van der Waals surface area contributed by atoms with E-state index in [-0.39, 0.29) is 5.82 Å². The highest BCUT2D eigenvalue weighted by Gasteiger charge is 2.18. The second-order valence-electron chi connectivity index (χ2n) is 5.25. The summed E-state index contributed by atoms with van der Waals surface area (Å²) in [6.45, 7) is 3.65. The minimum atomic E-state index is -0.913. The lowest BCUT2D eigenvalue weighted by atomic mass is 10.0. The minimum Gasteiger partial charge on any atom is -0.386 e. The van der Waals surface area contributed by atoms with Gasteiger partial charge in [0.25, 0.3) is 0 Å². The van der Waals surface area contributed by atoms with Gasteiger partial charge in [0.05, 0.1) is 12.1 Å². The maximum atomic E-state index is 12.9. The molecule has 0 fully saturated rings. The molecule has 5 heteroatoms. The Morgan fingerprint density at radius 3 is 2.27 bits per heavy atom. The van der Waals surface area contributed by atoms with E-state index in [2.05, 4.69) is 10.6 Å². The van der Waals surface area contributed by atoms with Crippen LogP contribution in [0.1, 0.15) is 24.2 Å². The van der Waals surface area contributed by atoms with E-state index < -0.39 is 18.2 Å². The Morgan fingerprint density at radius 2 is 1.68 bits per heavy atom. The molecule has 0 spiro atoms. The molecule has 116 valence electrons. The number of carbonyl (C=O) groups is 1. The van der Waals surface area contributed by atoms with Gasteiger partial charge in [-0.1, -0.05) is 29.8 Å². The van der Waals surface area contributed by atoms with Gasteiger partial charge >= 0.3 is 6.03 Å². The molecule has 22 heavy (non-hydrogen) atoms. The lowest BCUT2D eigenvalue weighted by Gasteiger charge is -2.21. The normalized spacial score (nSPS) is 13.3. The summed E-state index contributed by atoms with van der Waals surface area (Å²) in [4.78, 5) is 11.9. The summed E-state index contributed by atoms with van der Waals surface area (Å²) in [5.41, 5.74) is 2.32. The maximum Gasteiger partial charge on any atom is 0.319 e. The number of anilines is 1. The van der Waals surface area contributed by atoms with Gasteiger partial charge in [0.2, 0.25) is 0 Å². The molecule has 0 aromatic heterocycles. The van der Waals surface area contributed by atoms with Crippen LogP contribution < -0.4 is 10.6 Å². The smallest absolute Gasteiger partial charge is 0.319 e. The number of amides is 2. The fourth-order valence-corrected chi connectivity index (χ4v) is 2.04. The summed E-state index contributed by atoms with van der Waals surface area (Å²) < 4.78 is 12.9. The highest BCUT2D eigenvalue weighted by atomic mass is 19.1. The molecule has 0 heterocycles. The van der Waals surface area contributed by atoms with Crippen LogP contribution in [0.3, 0.4) is 0 Å². The van der Waals surface area contributed by atoms with Gasteiger partial charge in [-0.2, -0.15) is 0 Å². The molecule has 2 atom stereocenters. The van der Waals surface area contributed by atoms with E-state index in [1.54, 1.807) is 19.1 Å². The summed E-state index contributed by atoms with van der Waals surface area (Å²) in [6, 6.07) is 12.0. The molecule has 2 unspecified atom stereocenters. The number of carbonyl (C=O) groups excluding carboxylic acids is 1. The molecule has 4 nitrogen and oxygen atoms in total. The monoisotopic (exact) mass is 302 g/mol. The standard InChI is InChI=1S/C17H19FN2O2/c1-11-3-9-15(10-4-11)20-17(22)19-12(2)16(21)13-5-7-14(18)8-6-13/h3-10,12,16,21H,1-2H3,(H2,19,20,22). The predicted molar refractivity (Wildman–Crippen MR) is 84.2 cm³/mol. The fourth-order valence-electron chi connectivity index (χ4n) is 2.04. The van der Waals surface area contributed by atoms with E-state index in [4.69, 9.17) is 0 Å². The van der Waals surface area contributed by atoms with Gasteiger partial charge in [-0.15, -0.1) is 0 Å². The van der Waals surface area contributed by atoms with Crippen molar-refractivity contribution in [2.45, 2.75) is 26.0 Å². The molecule has 0 aliphatic rings. The second kappa shape index (κ2) is 7.04. The van der Waals surface area contributed by atoms with Crippen molar-refractivity contribution in [1.29, 1.82) is 0 Å². The van der Waals surface area contributed by atoms with Crippen LogP contribution in [0.4, 0.5) is 14.9 Å². The van der Waals surface area contributed by atoms with Crippen LogP contribution in [0.25, 0.3) is 0 Å².